The van der Waals surface area contributed by atoms with Crippen molar-refractivity contribution in [1.82, 2.24) is 4.90 Å². The Morgan fingerprint density at radius 3 is 2.47 bits per heavy atom. The summed E-state index contributed by atoms with van der Waals surface area (Å²) < 4.78 is 9.65. The van der Waals surface area contributed by atoms with Gasteiger partial charge < -0.3 is 19.5 Å². The summed E-state index contributed by atoms with van der Waals surface area (Å²) in [4.78, 5) is 13.2. The van der Waals surface area contributed by atoms with Crippen LogP contribution in [0.1, 0.15) is 25.7 Å². The maximum atomic E-state index is 11.1. The predicted molar refractivity (Wildman–Crippen MR) is 65.9 cm³/mol. The second-order valence-corrected chi connectivity index (χ2v) is 3.94. The van der Waals surface area contributed by atoms with Gasteiger partial charge in [0.25, 0.3) is 0 Å². The monoisotopic (exact) mass is 247 g/mol. The summed E-state index contributed by atoms with van der Waals surface area (Å²) in [6.07, 6.45) is 3.30. The molecule has 1 N–H and O–H groups in total. The molecule has 0 aromatic carbocycles. The van der Waals surface area contributed by atoms with Gasteiger partial charge in [-0.25, -0.2) is 0 Å². The molecule has 0 radical (unpaired) electrons. The van der Waals surface area contributed by atoms with Crippen molar-refractivity contribution >= 4 is 5.97 Å². The largest absolute Gasteiger partial charge is 0.469 e. The van der Waals surface area contributed by atoms with E-state index >= 15 is 0 Å². The average Bonchev–Trinajstić information content (AvgIpc) is 2.36. The SMILES string of the molecule is COCCN(CCCCCO)CCC(=O)OC. The van der Waals surface area contributed by atoms with Crippen LogP contribution in [0.2, 0.25) is 0 Å². The van der Waals surface area contributed by atoms with Crippen LogP contribution in [0.15, 0.2) is 0 Å². The number of carbonyl (C=O) groups is 1. The topological polar surface area (TPSA) is 59.0 Å². The van der Waals surface area contributed by atoms with Gasteiger partial charge in [-0.1, -0.05) is 0 Å². The van der Waals surface area contributed by atoms with E-state index in [0.717, 1.165) is 32.4 Å². The van der Waals surface area contributed by atoms with Crippen LogP contribution < -0.4 is 0 Å². The molecule has 0 spiro atoms. The molecule has 0 unspecified atom stereocenters. The van der Waals surface area contributed by atoms with Gasteiger partial charge in [0.2, 0.25) is 0 Å². The molecule has 0 bridgehead atoms. The minimum Gasteiger partial charge on any atom is -0.469 e. The summed E-state index contributed by atoms with van der Waals surface area (Å²) in [6.45, 7) is 3.38. The molecule has 0 rings (SSSR count). The predicted octanol–water partition coefficient (Wildman–Crippen LogP) is 0.660. The van der Waals surface area contributed by atoms with Gasteiger partial charge in [0, 0.05) is 26.8 Å². The van der Waals surface area contributed by atoms with Crippen LogP contribution in [-0.2, 0) is 14.3 Å². The van der Waals surface area contributed by atoms with Gasteiger partial charge in [0.1, 0.15) is 0 Å². The molecule has 5 heteroatoms. The third-order valence-electron chi connectivity index (χ3n) is 2.60. The lowest BCUT2D eigenvalue weighted by atomic mass is 10.2. The molecule has 0 aromatic heterocycles. The van der Waals surface area contributed by atoms with E-state index in [0.29, 0.717) is 19.6 Å². The highest BCUT2D eigenvalue weighted by molar-refractivity contribution is 5.69. The Balaban J connectivity index is 3.74. The first kappa shape index (κ1) is 16.4. The normalized spacial score (nSPS) is 10.8. The van der Waals surface area contributed by atoms with E-state index in [2.05, 4.69) is 9.64 Å². The summed E-state index contributed by atoms with van der Waals surface area (Å²) in [5, 5.41) is 8.69. The minimum absolute atomic E-state index is 0.178. The number of carbonyl (C=O) groups excluding carboxylic acids is 1. The highest BCUT2D eigenvalue weighted by atomic mass is 16.5. The van der Waals surface area contributed by atoms with Gasteiger partial charge >= 0.3 is 5.97 Å². The second kappa shape index (κ2) is 11.8. The molecule has 5 nitrogen and oxygen atoms in total. The molecule has 0 saturated heterocycles. The van der Waals surface area contributed by atoms with Crippen molar-refractivity contribution in [2.45, 2.75) is 25.7 Å². The number of ether oxygens (including phenoxy) is 2. The van der Waals surface area contributed by atoms with E-state index in [1.54, 1.807) is 7.11 Å². The number of nitrogens with zero attached hydrogens (tertiary/aromatic N) is 1. The van der Waals surface area contributed by atoms with Crippen LogP contribution >= 0.6 is 0 Å². The molecule has 0 aliphatic carbocycles. The Hall–Kier alpha value is -0.650. The maximum Gasteiger partial charge on any atom is 0.306 e. The molecule has 0 fully saturated rings. The van der Waals surface area contributed by atoms with Crippen molar-refractivity contribution in [1.29, 1.82) is 0 Å². The number of hydrogen-bond acceptors (Lipinski definition) is 5. The summed E-state index contributed by atoms with van der Waals surface area (Å²) in [5.74, 6) is -0.178. The molecule has 0 amide bonds. The molecule has 0 heterocycles. The fraction of sp³-hybridized carbons (Fsp3) is 0.917. The van der Waals surface area contributed by atoms with Gasteiger partial charge in [0.15, 0.2) is 0 Å². The Morgan fingerprint density at radius 1 is 1.12 bits per heavy atom. The van der Waals surface area contributed by atoms with Crippen LogP contribution in [0.4, 0.5) is 0 Å². The summed E-state index contributed by atoms with van der Waals surface area (Å²) >= 11 is 0. The highest BCUT2D eigenvalue weighted by Gasteiger charge is 2.07. The number of aliphatic hydroxyl groups excluding tert-OH is 1. The quantitative estimate of drug-likeness (QED) is 0.429. The van der Waals surface area contributed by atoms with E-state index in [4.69, 9.17) is 9.84 Å². The van der Waals surface area contributed by atoms with Crippen molar-refractivity contribution in [3.63, 3.8) is 0 Å². The zero-order valence-electron chi connectivity index (χ0n) is 11.0. The Bertz CT molecular complexity index is 187. The number of unbranched alkanes of at least 4 members (excludes halogenated alkanes) is 2. The molecule has 102 valence electrons. The fourth-order valence-corrected chi connectivity index (χ4v) is 1.53. The van der Waals surface area contributed by atoms with Gasteiger partial charge in [-0.2, -0.15) is 0 Å². The third kappa shape index (κ3) is 10.2. The van der Waals surface area contributed by atoms with E-state index in [1.165, 1.54) is 7.11 Å². The summed E-state index contributed by atoms with van der Waals surface area (Å²) in [7, 11) is 3.08. The van der Waals surface area contributed by atoms with E-state index in [-0.39, 0.29) is 12.6 Å². The summed E-state index contributed by atoms with van der Waals surface area (Å²) in [6, 6.07) is 0. The lowest BCUT2D eigenvalue weighted by Crippen LogP contribution is -2.31. The minimum atomic E-state index is -0.178. The molecular formula is C12H25NO4. The van der Waals surface area contributed by atoms with Crippen LogP contribution in [0.25, 0.3) is 0 Å². The number of aliphatic hydroxyl groups is 1. The third-order valence-corrected chi connectivity index (χ3v) is 2.60. The van der Waals surface area contributed by atoms with Gasteiger partial charge in [-0.05, 0) is 25.8 Å². The lowest BCUT2D eigenvalue weighted by molar-refractivity contribution is -0.141. The Morgan fingerprint density at radius 2 is 1.88 bits per heavy atom. The van der Waals surface area contributed by atoms with Crippen LogP contribution in [0, 0.1) is 0 Å². The number of rotatable bonds is 11. The van der Waals surface area contributed by atoms with Crippen LogP contribution in [0.5, 0.6) is 0 Å². The molecule has 0 aromatic rings. The maximum absolute atomic E-state index is 11.1. The van der Waals surface area contributed by atoms with Gasteiger partial charge in [-0.15, -0.1) is 0 Å². The van der Waals surface area contributed by atoms with Crippen molar-refractivity contribution in [3.8, 4) is 0 Å². The molecule has 0 aliphatic rings. The molecule has 17 heavy (non-hydrogen) atoms. The first-order chi connectivity index (χ1) is 8.24. The zero-order valence-corrected chi connectivity index (χ0v) is 11.0. The highest BCUT2D eigenvalue weighted by Crippen LogP contribution is 2.00. The molecule has 0 saturated carbocycles. The second-order valence-electron chi connectivity index (χ2n) is 3.94. The lowest BCUT2D eigenvalue weighted by Gasteiger charge is -2.21. The van der Waals surface area contributed by atoms with Crippen molar-refractivity contribution in [3.05, 3.63) is 0 Å². The standard InChI is InChI=1S/C12H25NO4/c1-16-11-9-13(7-4-3-5-10-14)8-6-12(15)17-2/h14H,3-11H2,1-2H3. The first-order valence-electron chi connectivity index (χ1n) is 6.13. The van der Waals surface area contributed by atoms with Crippen molar-refractivity contribution in [2.24, 2.45) is 0 Å². The fourth-order valence-electron chi connectivity index (χ4n) is 1.53. The smallest absolute Gasteiger partial charge is 0.306 e. The first-order valence-corrected chi connectivity index (χ1v) is 6.13. The zero-order chi connectivity index (χ0) is 12.9. The number of esters is 1. The summed E-state index contributed by atoms with van der Waals surface area (Å²) in [5.41, 5.74) is 0. The number of methoxy groups -OCH3 is 2. The van der Waals surface area contributed by atoms with Crippen molar-refractivity contribution in [2.75, 3.05) is 47.1 Å². The Kier molecular flexibility index (Phi) is 11.4. The van der Waals surface area contributed by atoms with Crippen LogP contribution in [-0.4, -0.2) is 63.0 Å². The number of hydrogen-bond donors (Lipinski definition) is 1. The molecule has 0 aliphatic heterocycles. The molecule has 0 atom stereocenters. The Labute approximate surface area is 104 Å². The van der Waals surface area contributed by atoms with E-state index < -0.39 is 0 Å². The van der Waals surface area contributed by atoms with Crippen molar-refractivity contribution < 1.29 is 19.4 Å². The van der Waals surface area contributed by atoms with Gasteiger partial charge in [0.05, 0.1) is 20.1 Å². The average molecular weight is 247 g/mol. The van der Waals surface area contributed by atoms with E-state index in [1.807, 2.05) is 0 Å². The van der Waals surface area contributed by atoms with Gasteiger partial charge in [-0.3, -0.25) is 4.79 Å². The van der Waals surface area contributed by atoms with E-state index in [9.17, 15) is 4.79 Å². The molecular weight excluding hydrogens is 222 g/mol. The van der Waals surface area contributed by atoms with Crippen LogP contribution in [0.3, 0.4) is 0 Å².